The molecule has 14 heavy (non-hydrogen) atoms. The maximum atomic E-state index is 13.4. The van der Waals surface area contributed by atoms with Crippen LogP contribution in [0, 0.1) is 5.82 Å². The third-order valence-corrected chi connectivity index (χ3v) is 2.30. The van der Waals surface area contributed by atoms with E-state index in [4.69, 9.17) is 5.11 Å². The van der Waals surface area contributed by atoms with Crippen LogP contribution in [0.4, 0.5) is 4.39 Å². The second-order valence-corrected chi connectivity index (χ2v) is 4.03. The standard InChI is InChI=1S/C11H16FNO/c1-4-8-5-6-9(12)10(13-8)11(2,3)7-14/h5-6,14H,4,7H2,1-3H3. The minimum atomic E-state index is -0.616. The largest absolute Gasteiger partial charge is 0.395 e. The zero-order valence-corrected chi connectivity index (χ0v) is 8.84. The number of hydrogen-bond donors (Lipinski definition) is 1. The van der Waals surface area contributed by atoms with Crippen LogP contribution in [0.1, 0.15) is 32.2 Å². The Kier molecular flexibility index (Phi) is 3.21. The summed E-state index contributed by atoms with van der Waals surface area (Å²) in [6.07, 6.45) is 0.773. The average Bonchev–Trinajstić information content (AvgIpc) is 2.18. The highest BCUT2D eigenvalue weighted by atomic mass is 19.1. The molecule has 3 heteroatoms. The molecule has 1 aromatic rings. The van der Waals surface area contributed by atoms with Crippen LogP contribution >= 0.6 is 0 Å². The highest BCUT2D eigenvalue weighted by Gasteiger charge is 2.25. The molecule has 1 rings (SSSR count). The number of pyridine rings is 1. The maximum absolute atomic E-state index is 13.4. The van der Waals surface area contributed by atoms with E-state index in [0.29, 0.717) is 5.69 Å². The van der Waals surface area contributed by atoms with Crippen molar-refractivity contribution in [1.29, 1.82) is 0 Å². The monoisotopic (exact) mass is 197 g/mol. The SMILES string of the molecule is CCc1ccc(F)c(C(C)(C)CO)n1. The first-order valence-corrected chi connectivity index (χ1v) is 4.78. The Labute approximate surface area is 83.8 Å². The molecule has 0 aliphatic rings. The van der Waals surface area contributed by atoms with Gasteiger partial charge in [-0.25, -0.2) is 4.39 Å². The van der Waals surface area contributed by atoms with E-state index in [2.05, 4.69) is 4.98 Å². The van der Waals surface area contributed by atoms with E-state index in [-0.39, 0.29) is 12.4 Å². The van der Waals surface area contributed by atoms with E-state index in [1.165, 1.54) is 6.07 Å². The quantitative estimate of drug-likeness (QED) is 0.804. The summed E-state index contributed by atoms with van der Waals surface area (Å²) in [5.74, 6) is -0.346. The van der Waals surface area contributed by atoms with Crippen molar-refractivity contribution in [1.82, 2.24) is 4.98 Å². The van der Waals surface area contributed by atoms with Crippen LogP contribution in [-0.2, 0) is 11.8 Å². The van der Waals surface area contributed by atoms with Gasteiger partial charge < -0.3 is 5.11 Å². The zero-order valence-electron chi connectivity index (χ0n) is 8.84. The Bertz CT molecular complexity index is 323. The maximum Gasteiger partial charge on any atom is 0.145 e. The van der Waals surface area contributed by atoms with Crippen molar-refractivity contribution >= 4 is 0 Å². The van der Waals surface area contributed by atoms with Gasteiger partial charge in [-0.05, 0) is 18.6 Å². The molecule has 0 bridgehead atoms. The molecule has 0 saturated carbocycles. The third kappa shape index (κ3) is 2.10. The fourth-order valence-electron chi connectivity index (χ4n) is 1.23. The molecular weight excluding hydrogens is 181 g/mol. The van der Waals surface area contributed by atoms with E-state index in [1.54, 1.807) is 19.9 Å². The van der Waals surface area contributed by atoms with Gasteiger partial charge in [-0.2, -0.15) is 0 Å². The molecule has 78 valence electrons. The van der Waals surface area contributed by atoms with Gasteiger partial charge in [0.25, 0.3) is 0 Å². The number of hydrogen-bond acceptors (Lipinski definition) is 2. The van der Waals surface area contributed by atoms with Gasteiger partial charge >= 0.3 is 0 Å². The summed E-state index contributed by atoms with van der Waals surface area (Å²) in [5.41, 5.74) is 0.581. The summed E-state index contributed by atoms with van der Waals surface area (Å²) in [6, 6.07) is 3.09. The summed E-state index contributed by atoms with van der Waals surface area (Å²) in [6.45, 7) is 5.41. The van der Waals surface area contributed by atoms with Crippen LogP contribution in [0.25, 0.3) is 0 Å². The number of nitrogens with zero attached hydrogens (tertiary/aromatic N) is 1. The lowest BCUT2D eigenvalue weighted by Crippen LogP contribution is -2.25. The van der Waals surface area contributed by atoms with E-state index in [0.717, 1.165) is 12.1 Å². The van der Waals surface area contributed by atoms with Gasteiger partial charge in [0.05, 0.1) is 12.3 Å². The van der Waals surface area contributed by atoms with Crippen LogP contribution in [0.5, 0.6) is 0 Å². The highest BCUT2D eigenvalue weighted by Crippen LogP contribution is 2.23. The number of aromatic nitrogens is 1. The first kappa shape index (κ1) is 11.1. The Morgan fingerprint density at radius 2 is 2.07 bits per heavy atom. The predicted octanol–water partition coefficient (Wildman–Crippen LogP) is 2.05. The van der Waals surface area contributed by atoms with Crippen molar-refractivity contribution in [2.45, 2.75) is 32.6 Å². The number of aryl methyl sites for hydroxylation is 1. The van der Waals surface area contributed by atoms with Crippen LogP contribution in [0.2, 0.25) is 0 Å². The molecule has 2 nitrogen and oxygen atoms in total. The van der Waals surface area contributed by atoms with Gasteiger partial charge in [0.15, 0.2) is 0 Å². The molecule has 1 aromatic heterocycles. The number of aliphatic hydroxyl groups is 1. The minimum absolute atomic E-state index is 0.107. The summed E-state index contributed by atoms with van der Waals surface area (Å²) in [7, 11) is 0. The molecule has 0 saturated heterocycles. The molecule has 0 unspecified atom stereocenters. The van der Waals surface area contributed by atoms with Gasteiger partial charge in [0.2, 0.25) is 0 Å². The molecule has 0 spiro atoms. The molecule has 0 aliphatic carbocycles. The summed E-state index contributed by atoms with van der Waals surface area (Å²) in [5, 5.41) is 9.13. The molecular formula is C11H16FNO. The topological polar surface area (TPSA) is 33.1 Å². The smallest absolute Gasteiger partial charge is 0.145 e. The second kappa shape index (κ2) is 4.05. The Morgan fingerprint density at radius 3 is 2.57 bits per heavy atom. The molecule has 0 radical (unpaired) electrons. The summed E-state index contributed by atoms with van der Waals surface area (Å²) in [4.78, 5) is 4.20. The van der Waals surface area contributed by atoms with E-state index in [1.807, 2.05) is 6.92 Å². The predicted molar refractivity (Wildman–Crippen MR) is 53.7 cm³/mol. The number of aliphatic hydroxyl groups excluding tert-OH is 1. The van der Waals surface area contributed by atoms with Gasteiger partial charge in [-0.3, -0.25) is 4.98 Å². The van der Waals surface area contributed by atoms with E-state index >= 15 is 0 Å². The van der Waals surface area contributed by atoms with Crippen molar-refractivity contribution in [2.75, 3.05) is 6.61 Å². The molecule has 1 N–H and O–H groups in total. The van der Waals surface area contributed by atoms with E-state index < -0.39 is 5.41 Å². The fourth-order valence-corrected chi connectivity index (χ4v) is 1.23. The molecule has 0 aromatic carbocycles. The van der Waals surface area contributed by atoms with Crippen molar-refractivity contribution in [2.24, 2.45) is 0 Å². The van der Waals surface area contributed by atoms with Gasteiger partial charge in [-0.1, -0.05) is 20.8 Å². The molecule has 1 heterocycles. The van der Waals surface area contributed by atoms with Crippen LogP contribution in [0.3, 0.4) is 0 Å². The minimum Gasteiger partial charge on any atom is -0.395 e. The van der Waals surface area contributed by atoms with Crippen LogP contribution in [0.15, 0.2) is 12.1 Å². The zero-order chi connectivity index (χ0) is 10.8. The lowest BCUT2D eigenvalue weighted by Gasteiger charge is -2.21. The van der Waals surface area contributed by atoms with Gasteiger partial charge in [0.1, 0.15) is 5.82 Å². The van der Waals surface area contributed by atoms with Crippen molar-refractivity contribution < 1.29 is 9.50 Å². The summed E-state index contributed by atoms with van der Waals surface area (Å²) >= 11 is 0. The van der Waals surface area contributed by atoms with Crippen LogP contribution in [-0.4, -0.2) is 16.7 Å². The van der Waals surface area contributed by atoms with Gasteiger partial charge in [0, 0.05) is 11.1 Å². The lowest BCUT2D eigenvalue weighted by molar-refractivity contribution is 0.211. The average molecular weight is 197 g/mol. The molecule has 0 aliphatic heterocycles. The molecule has 0 atom stereocenters. The Hall–Kier alpha value is -0.960. The Balaban J connectivity index is 3.18. The van der Waals surface area contributed by atoms with Crippen LogP contribution < -0.4 is 0 Å². The molecule has 0 amide bonds. The van der Waals surface area contributed by atoms with Crippen molar-refractivity contribution in [3.63, 3.8) is 0 Å². The van der Waals surface area contributed by atoms with E-state index in [9.17, 15) is 4.39 Å². The van der Waals surface area contributed by atoms with Crippen molar-refractivity contribution in [3.05, 3.63) is 29.3 Å². The first-order chi connectivity index (χ1) is 6.51. The lowest BCUT2D eigenvalue weighted by atomic mass is 9.89. The third-order valence-electron chi connectivity index (χ3n) is 2.30. The number of rotatable bonds is 3. The van der Waals surface area contributed by atoms with Crippen molar-refractivity contribution in [3.8, 4) is 0 Å². The normalized spacial score (nSPS) is 11.8. The first-order valence-electron chi connectivity index (χ1n) is 4.78. The Morgan fingerprint density at radius 1 is 1.43 bits per heavy atom. The fraction of sp³-hybridized carbons (Fsp3) is 0.545. The second-order valence-electron chi connectivity index (χ2n) is 4.03. The summed E-state index contributed by atoms with van der Waals surface area (Å²) < 4.78 is 13.4. The van der Waals surface area contributed by atoms with Gasteiger partial charge in [-0.15, -0.1) is 0 Å². The highest BCUT2D eigenvalue weighted by molar-refractivity contribution is 5.20. The molecule has 0 fully saturated rings. The number of halogens is 1.